The third-order valence-corrected chi connectivity index (χ3v) is 3.75. The smallest absolute Gasteiger partial charge is 0.314 e. The van der Waals surface area contributed by atoms with Gasteiger partial charge in [0, 0.05) is 5.56 Å². The van der Waals surface area contributed by atoms with Gasteiger partial charge in [0.25, 0.3) is 0 Å². The zero-order valence-electron chi connectivity index (χ0n) is 11.3. The third-order valence-electron chi connectivity index (χ3n) is 3.75. The standard InChI is InChI=1S/C17H18O2/c1-11(2)9-13-10-15-14-6-4-3-5-12(14)7-8-16(15)19-17(13)18/h3-8,11,13H,9-10H2,1-2H3/t13-/m0/s1. The van der Waals surface area contributed by atoms with Crippen LogP contribution in [0.5, 0.6) is 5.75 Å². The van der Waals surface area contributed by atoms with Gasteiger partial charge in [-0.1, -0.05) is 44.2 Å². The summed E-state index contributed by atoms with van der Waals surface area (Å²) in [4.78, 5) is 12.0. The molecule has 0 aliphatic carbocycles. The first-order valence-corrected chi connectivity index (χ1v) is 6.87. The predicted molar refractivity (Wildman–Crippen MR) is 76.2 cm³/mol. The molecule has 0 N–H and O–H groups in total. The Hall–Kier alpha value is -1.83. The van der Waals surface area contributed by atoms with Crippen LogP contribution >= 0.6 is 0 Å². The van der Waals surface area contributed by atoms with Gasteiger partial charge < -0.3 is 4.74 Å². The van der Waals surface area contributed by atoms with Crippen molar-refractivity contribution in [3.8, 4) is 5.75 Å². The van der Waals surface area contributed by atoms with Crippen LogP contribution < -0.4 is 4.74 Å². The van der Waals surface area contributed by atoms with Gasteiger partial charge in [-0.05, 0) is 35.6 Å². The molecule has 2 heteroatoms. The van der Waals surface area contributed by atoms with Crippen molar-refractivity contribution in [2.45, 2.75) is 26.7 Å². The van der Waals surface area contributed by atoms with Crippen molar-refractivity contribution < 1.29 is 9.53 Å². The lowest BCUT2D eigenvalue weighted by atomic mass is 9.87. The Kier molecular flexibility index (Phi) is 3.02. The summed E-state index contributed by atoms with van der Waals surface area (Å²) >= 11 is 0. The Morgan fingerprint density at radius 3 is 2.79 bits per heavy atom. The summed E-state index contributed by atoms with van der Waals surface area (Å²) in [5.41, 5.74) is 1.18. The number of esters is 1. The second-order valence-electron chi connectivity index (χ2n) is 5.72. The maximum atomic E-state index is 12.0. The molecule has 2 nitrogen and oxygen atoms in total. The molecule has 0 fully saturated rings. The Morgan fingerprint density at radius 2 is 2.00 bits per heavy atom. The third kappa shape index (κ3) is 2.23. The van der Waals surface area contributed by atoms with Crippen molar-refractivity contribution in [2.24, 2.45) is 11.8 Å². The molecule has 2 aromatic carbocycles. The molecule has 1 atom stereocenters. The van der Waals surface area contributed by atoms with E-state index in [1.165, 1.54) is 16.3 Å². The summed E-state index contributed by atoms with van der Waals surface area (Å²) in [5.74, 6) is 1.17. The van der Waals surface area contributed by atoms with Gasteiger partial charge in [0.2, 0.25) is 0 Å². The molecule has 0 bridgehead atoms. The molecule has 19 heavy (non-hydrogen) atoms. The number of fused-ring (bicyclic) bond motifs is 3. The number of ether oxygens (including phenoxy) is 1. The molecule has 0 saturated heterocycles. The molecule has 98 valence electrons. The Morgan fingerprint density at radius 1 is 1.21 bits per heavy atom. The molecular formula is C17H18O2. The van der Waals surface area contributed by atoms with Crippen LogP contribution in [-0.2, 0) is 11.2 Å². The topological polar surface area (TPSA) is 26.3 Å². The minimum atomic E-state index is -0.0727. The lowest BCUT2D eigenvalue weighted by molar-refractivity contribution is -0.140. The summed E-state index contributed by atoms with van der Waals surface area (Å²) < 4.78 is 5.51. The van der Waals surface area contributed by atoms with E-state index in [9.17, 15) is 4.79 Å². The maximum absolute atomic E-state index is 12.0. The number of carbonyl (C=O) groups is 1. The van der Waals surface area contributed by atoms with Gasteiger partial charge in [-0.2, -0.15) is 0 Å². The molecule has 1 aliphatic rings. The van der Waals surface area contributed by atoms with Crippen molar-refractivity contribution in [1.82, 2.24) is 0 Å². The number of hydrogen-bond donors (Lipinski definition) is 0. The summed E-state index contributed by atoms with van der Waals surface area (Å²) in [6, 6.07) is 12.2. The molecular weight excluding hydrogens is 236 g/mol. The molecule has 2 aromatic rings. The lowest BCUT2D eigenvalue weighted by Crippen LogP contribution is -2.28. The van der Waals surface area contributed by atoms with Crippen LogP contribution in [0.15, 0.2) is 36.4 Å². The molecule has 0 radical (unpaired) electrons. The zero-order valence-corrected chi connectivity index (χ0v) is 11.3. The van der Waals surface area contributed by atoms with Crippen LogP contribution in [-0.4, -0.2) is 5.97 Å². The Bertz CT molecular complexity index is 628. The van der Waals surface area contributed by atoms with Gasteiger partial charge in [-0.25, -0.2) is 0 Å². The van der Waals surface area contributed by atoms with Gasteiger partial charge in [0.05, 0.1) is 5.92 Å². The molecule has 0 unspecified atom stereocenters. The van der Waals surface area contributed by atoms with Gasteiger partial charge >= 0.3 is 5.97 Å². The largest absolute Gasteiger partial charge is 0.426 e. The van der Waals surface area contributed by atoms with Crippen LogP contribution in [0.3, 0.4) is 0 Å². The number of hydrogen-bond acceptors (Lipinski definition) is 2. The first-order valence-electron chi connectivity index (χ1n) is 6.87. The maximum Gasteiger partial charge on any atom is 0.314 e. The van der Waals surface area contributed by atoms with Gasteiger partial charge in [0.1, 0.15) is 5.75 Å². The number of carbonyl (C=O) groups excluding carboxylic acids is 1. The Balaban J connectivity index is 2.05. The quantitative estimate of drug-likeness (QED) is 0.599. The second-order valence-corrected chi connectivity index (χ2v) is 5.72. The van der Waals surface area contributed by atoms with E-state index >= 15 is 0 Å². The molecule has 1 aliphatic heterocycles. The first kappa shape index (κ1) is 12.2. The average molecular weight is 254 g/mol. The SMILES string of the molecule is CC(C)C[C@H]1Cc2c(ccc3ccccc23)OC1=O. The van der Waals surface area contributed by atoms with Crippen molar-refractivity contribution >= 4 is 16.7 Å². The average Bonchev–Trinajstić information content (AvgIpc) is 2.39. The minimum absolute atomic E-state index is 0.00157. The fourth-order valence-electron chi connectivity index (χ4n) is 2.89. The normalized spacial score (nSPS) is 18.5. The van der Waals surface area contributed by atoms with E-state index in [2.05, 4.69) is 26.0 Å². The summed E-state index contributed by atoms with van der Waals surface area (Å²) in [7, 11) is 0. The van der Waals surface area contributed by atoms with E-state index in [0.717, 1.165) is 18.6 Å². The van der Waals surface area contributed by atoms with Crippen LogP contribution in [0.4, 0.5) is 0 Å². The highest BCUT2D eigenvalue weighted by molar-refractivity contribution is 5.91. The molecule has 1 heterocycles. The van der Waals surface area contributed by atoms with Crippen molar-refractivity contribution in [1.29, 1.82) is 0 Å². The fraction of sp³-hybridized carbons (Fsp3) is 0.353. The van der Waals surface area contributed by atoms with Gasteiger partial charge in [0.15, 0.2) is 0 Å². The van der Waals surface area contributed by atoms with Crippen molar-refractivity contribution in [3.63, 3.8) is 0 Å². The van der Waals surface area contributed by atoms with E-state index in [4.69, 9.17) is 4.74 Å². The molecule has 0 amide bonds. The first-order chi connectivity index (χ1) is 9.15. The highest BCUT2D eigenvalue weighted by atomic mass is 16.5. The summed E-state index contributed by atoms with van der Waals surface area (Å²) in [6.07, 6.45) is 1.69. The zero-order chi connectivity index (χ0) is 13.4. The molecule has 3 rings (SSSR count). The molecule has 0 aromatic heterocycles. The van der Waals surface area contributed by atoms with Crippen molar-refractivity contribution in [3.05, 3.63) is 42.0 Å². The highest BCUT2D eigenvalue weighted by Crippen LogP contribution is 2.35. The monoisotopic (exact) mass is 254 g/mol. The van der Waals surface area contributed by atoms with Crippen LogP contribution in [0.25, 0.3) is 10.8 Å². The number of benzene rings is 2. The fourth-order valence-corrected chi connectivity index (χ4v) is 2.89. The van der Waals surface area contributed by atoms with Crippen LogP contribution in [0.1, 0.15) is 25.8 Å². The predicted octanol–water partition coefficient (Wildman–Crippen LogP) is 3.96. The summed E-state index contributed by atoms with van der Waals surface area (Å²) in [6.45, 7) is 4.29. The van der Waals surface area contributed by atoms with Crippen molar-refractivity contribution in [2.75, 3.05) is 0 Å². The molecule has 0 spiro atoms. The Labute approximate surface area is 113 Å². The van der Waals surface area contributed by atoms with E-state index in [1.807, 2.05) is 24.3 Å². The van der Waals surface area contributed by atoms with E-state index in [0.29, 0.717) is 5.92 Å². The van der Waals surface area contributed by atoms with E-state index in [-0.39, 0.29) is 11.9 Å². The molecule has 0 saturated carbocycles. The highest BCUT2D eigenvalue weighted by Gasteiger charge is 2.29. The van der Waals surface area contributed by atoms with Crippen LogP contribution in [0, 0.1) is 11.8 Å². The second kappa shape index (κ2) is 4.69. The van der Waals surface area contributed by atoms with E-state index in [1.54, 1.807) is 0 Å². The number of rotatable bonds is 2. The lowest BCUT2D eigenvalue weighted by Gasteiger charge is -2.25. The summed E-state index contributed by atoms with van der Waals surface area (Å²) in [5, 5.41) is 2.42. The minimum Gasteiger partial charge on any atom is -0.426 e. The van der Waals surface area contributed by atoms with Gasteiger partial charge in [-0.3, -0.25) is 4.79 Å². The van der Waals surface area contributed by atoms with Gasteiger partial charge in [-0.15, -0.1) is 0 Å². The van der Waals surface area contributed by atoms with Crippen LogP contribution in [0.2, 0.25) is 0 Å². The van der Waals surface area contributed by atoms with E-state index < -0.39 is 0 Å².